The zero-order valence-electron chi connectivity index (χ0n) is 19.5. The highest BCUT2D eigenvalue weighted by Gasteiger charge is 2.31. The maximum Gasteiger partial charge on any atom is 0.262 e. The highest BCUT2D eigenvalue weighted by Crippen LogP contribution is 2.44. The normalized spacial score (nSPS) is 13.2. The molecule has 0 radical (unpaired) electrons. The summed E-state index contributed by atoms with van der Waals surface area (Å²) in [6.07, 6.45) is 0.547. The van der Waals surface area contributed by atoms with Crippen molar-refractivity contribution in [1.29, 1.82) is 0 Å². The fourth-order valence-corrected chi connectivity index (χ4v) is 4.96. The summed E-state index contributed by atoms with van der Waals surface area (Å²) in [6.45, 7) is 0.428. The predicted octanol–water partition coefficient (Wildman–Crippen LogP) is 4.36. The number of pyridine rings is 1. The van der Waals surface area contributed by atoms with E-state index in [1.165, 1.54) is 26.4 Å². The number of halogens is 1. The van der Waals surface area contributed by atoms with Crippen LogP contribution in [-0.2, 0) is 13.0 Å². The number of amides is 1. The van der Waals surface area contributed by atoms with E-state index < -0.39 is 11.7 Å². The van der Waals surface area contributed by atoms with Crippen molar-refractivity contribution in [2.45, 2.75) is 13.0 Å². The minimum Gasteiger partial charge on any atom is -0.493 e. The van der Waals surface area contributed by atoms with Crippen molar-refractivity contribution < 1.29 is 28.1 Å². The molecule has 36 heavy (non-hydrogen) atoms. The first-order valence-corrected chi connectivity index (χ1v) is 11.3. The van der Waals surface area contributed by atoms with E-state index in [1.54, 1.807) is 34.9 Å². The van der Waals surface area contributed by atoms with Gasteiger partial charge in [-0.05, 0) is 48.4 Å². The molecule has 2 aliphatic rings. The largest absolute Gasteiger partial charge is 0.493 e. The number of nitrogens with one attached hydrogen (secondary N) is 1. The van der Waals surface area contributed by atoms with Crippen LogP contribution in [-0.4, -0.2) is 31.5 Å². The van der Waals surface area contributed by atoms with Gasteiger partial charge in [0.2, 0.25) is 6.79 Å². The fourth-order valence-electron chi connectivity index (χ4n) is 4.96. The molecular weight excluding hydrogens is 467 g/mol. The molecule has 2 aliphatic heterocycles. The standard InChI is InChI=1S/C27H21FN2O6/c1-33-19-8-7-15-22(26(31)29-18-6-4-3-5-17(18)28)24-16-12-21-20(35-13-36-21)11-14(16)9-10-30(24)27(32)23(15)25(19)34-2/h3-8,11-12H,9-10,13H2,1-2H3,(H,29,31). The molecule has 0 bridgehead atoms. The molecule has 3 aromatic carbocycles. The molecular formula is C27H21FN2O6. The number of carbonyl (C=O) groups excluding carboxylic acids is 1. The first-order chi connectivity index (χ1) is 17.5. The van der Waals surface area contributed by atoms with Gasteiger partial charge in [0.15, 0.2) is 23.0 Å². The van der Waals surface area contributed by atoms with Gasteiger partial charge in [0, 0.05) is 17.5 Å². The lowest BCUT2D eigenvalue weighted by Crippen LogP contribution is -2.30. The van der Waals surface area contributed by atoms with E-state index in [0.29, 0.717) is 46.9 Å². The quantitative estimate of drug-likeness (QED) is 0.459. The predicted molar refractivity (Wildman–Crippen MR) is 131 cm³/mol. The Bertz CT molecular complexity index is 1630. The van der Waals surface area contributed by atoms with Gasteiger partial charge in [-0.2, -0.15) is 0 Å². The first kappa shape index (κ1) is 22.0. The average Bonchev–Trinajstić information content (AvgIpc) is 3.35. The molecule has 0 aliphatic carbocycles. The third-order valence-electron chi connectivity index (χ3n) is 6.59. The van der Waals surface area contributed by atoms with Crippen LogP contribution in [0.2, 0.25) is 0 Å². The maximum atomic E-state index is 14.5. The van der Waals surface area contributed by atoms with Crippen LogP contribution < -0.4 is 29.8 Å². The second-order valence-corrected chi connectivity index (χ2v) is 8.45. The number of ether oxygens (including phenoxy) is 4. The van der Waals surface area contributed by atoms with E-state index in [1.807, 2.05) is 6.07 Å². The van der Waals surface area contributed by atoms with Crippen molar-refractivity contribution in [1.82, 2.24) is 4.57 Å². The summed E-state index contributed by atoms with van der Waals surface area (Å²) in [5.41, 5.74) is 1.95. The molecule has 1 N–H and O–H groups in total. The number of nitrogens with zero attached hydrogens (tertiary/aromatic N) is 1. The Morgan fingerprint density at radius 1 is 1.06 bits per heavy atom. The van der Waals surface area contributed by atoms with Crippen molar-refractivity contribution in [3.63, 3.8) is 0 Å². The molecule has 6 rings (SSSR count). The number of carbonyl (C=O) groups is 1. The van der Waals surface area contributed by atoms with E-state index in [4.69, 9.17) is 18.9 Å². The van der Waals surface area contributed by atoms with Crippen LogP contribution in [0.1, 0.15) is 15.9 Å². The summed E-state index contributed by atoms with van der Waals surface area (Å²) in [5, 5.41) is 3.26. The SMILES string of the molecule is COc1ccc2c(C(=O)Nc3ccccc3F)c3n(c(=O)c2c1OC)CCc1cc2c(cc1-3)OCO2. The van der Waals surface area contributed by atoms with Gasteiger partial charge in [-0.1, -0.05) is 12.1 Å². The molecule has 1 aromatic heterocycles. The Balaban J connectivity index is 1.69. The molecule has 0 unspecified atom stereocenters. The highest BCUT2D eigenvalue weighted by molar-refractivity contribution is 6.18. The van der Waals surface area contributed by atoms with Crippen molar-refractivity contribution in [2.75, 3.05) is 26.3 Å². The first-order valence-electron chi connectivity index (χ1n) is 11.3. The number of methoxy groups -OCH3 is 2. The van der Waals surface area contributed by atoms with E-state index in [9.17, 15) is 14.0 Å². The number of benzene rings is 3. The van der Waals surface area contributed by atoms with Gasteiger partial charge in [0.05, 0.1) is 36.6 Å². The van der Waals surface area contributed by atoms with Gasteiger partial charge >= 0.3 is 0 Å². The summed E-state index contributed by atoms with van der Waals surface area (Å²) in [4.78, 5) is 27.7. The molecule has 0 fully saturated rings. The number of aryl methyl sites for hydroxylation is 1. The number of hydrogen-bond donors (Lipinski definition) is 1. The monoisotopic (exact) mass is 488 g/mol. The average molecular weight is 488 g/mol. The lowest BCUT2D eigenvalue weighted by molar-refractivity contribution is 0.102. The van der Waals surface area contributed by atoms with Crippen molar-refractivity contribution >= 4 is 22.4 Å². The molecule has 0 atom stereocenters. The number of fused-ring (bicyclic) bond motifs is 5. The van der Waals surface area contributed by atoms with Crippen LogP contribution in [0.3, 0.4) is 0 Å². The molecule has 8 nitrogen and oxygen atoms in total. The topological polar surface area (TPSA) is 88.0 Å². The van der Waals surface area contributed by atoms with E-state index in [-0.39, 0.29) is 34.7 Å². The van der Waals surface area contributed by atoms with E-state index >= 15 is 0 Å². The van der Waals surface area contributed by atoms with Crippen LogP contribution in [0, 0.1) is 5.82 Å². The minimum atomic E-state index is -0.569. The molecule has 0 spiro atoms. The van der Waals surface area contributed by atoms with Crippen LogP contribution >= 0.6 is 0 Å². The van der Waals surface area contributed by atoms with Gasteiger partial charge in [-0.15, -0.1) is 0 Å². The second kappa shape index (κ2) is 8.30. The summed E-state index contributed by atoms with van der Waals surface area (Å²) in [5.74, 6) is 0.609. The summed E-state index contributed by atoms with van der Waals surface area (Å²) in [7, 11) is 2.92. The van der Waals surface area contributed by atoms with Crippen LogP contribution in [0.15, 0.2) is 53.3 Å². The van der Waals surface area contributed by atoms with Gasteiger partial charge < -0.3 is 28.8 Å². The second-order valence-electron chi connectivity index (χ2n) is 8.45. The Morgan fingerprint density at radius 3 is 2.58 bits per heavy atom. The summed E-state index contributed by atoms with van der Waals surface area (Å²) >= 11 is 0. The van der Waals surface area contributed by atoms with Crippen molar-refractivity contribution in [2.24, 2.45) is 0 Å². The fraction of sp³-hybridized carbons (Fsp3) is 0.185. The summed E-state index contributed by atoms with van der Waals surface area (Å²) in [6, 6.07) is 12.9. The van der Waals surface area contributed by atoms with Crippen LogP contribution in [0.4, 0.5) is 10.1 Å². The number of rotatable bonds is 4. The van der Waals surface area contributed by atoms with Gasteiger partial charge in [-0.25, -0.2) is 4.39 Å². The maximum absolute atomic E-state index is 14.5. The van der Waals surface area contributed by atoms with E-state index in [2.05, 4.69) is 5.32 Å². The molecule has 3 heterocycles. The lowest BCUT2D eigenvalue weighted by atomic mass is 9.90. The van der Waals surface area contributed by atoms with Crippen molar-refractivity contribution in [3.05, 3.63) is 75.8 Å². The zero-order chi connectivity index (χ0) is 25.0. The number of hydrogen-bond acceptors (Lipinski definition) is 6. The molecule has 0 saturated heterocycles. The number of para-hydroxylation sites is 1. The minimum absolute atomic E-state index is 0.0304. The molecule has 1 amide bonds. The molecule has 182 valence electrons. The third kappa shape index (κ3) is 3.19. The molecule has 0 saturated carbocycles. The van der Waals surface area contributed by atoms with Crippen molar-refractivity contribution in [3.8, 4) is 34.3 Å². The van der Waals surface area contributed by atoms with Gasteiger partial charge in [0.1, 0.15) is 5.82 Å². The van der Waals surface area contributed by atoms with Crippen LogP contribution in [0.25, 0.3) is 22.0 Å². The zero-order valence-corrected chi connectivity index (χ0v) is 19.5. The lowest BCUT2D eigenvalue weighted by Gasteiger charge is -2.26. The summed E-state index contributed by atoms with van der Waals surface area (Å²) < 4.78 is 38.1. The smallest absolute Gasteiger partial charge is 0.262 e. The van der Waals surface area contributed by atoms with Gasteiger partial charge in [0.25, 0.3) is 11.5 Å². The Labute approximate surface area is 204 Å². The number of anilines is 1. The molecule has 4 aromatic rings. The Morgan fingerprint density at radius 2 is 1.83 bits per heavy atom. The van der Waals surface area contributed by atoms with Gasteiger partial charge in [-0.3, -0.25) is 9.59 Å². The third-order valence-corrected chi connectivity index (χ3v) is 6.59. The Hall–Kier alpha value is -4.53. The highest BCUT2D eigenvalue weighted by atomic mass is 19.1. The number of aromatic nitrogens is 1. The van der Waals surface area contributed by atoms with Crippen LogP contribution in [0.5, 0.6) is 23.0 Å². The van der Waals surface area contributed by atoms with E-state index in [0.717, 1.165) is 5.56 Å². The molecule has 9 heteroatoms. The Kier molecular flexibility index (Phi) is 5.06.